The second-order valence-corrected chi connectivity index (χ2v) is 4.93. The summed E-state index contributed by atoms with van der Waals surface area (Å²) in [5, 5.41) is 0.620. The molecule has 2 heterocycles. The Morgan fingerprint density at radius 2 is 2.29 bits per heavy atom. The summed E-state index contributed by atoms with van der Waals surface area (Å²) in [5.41, 5.74) is 1.54. The second-order valence-electron chi connectivity index (χ2n) is 2.92. The van der Waals surface area contributed by atoms with Crippen molar-refractivity contribution in [1.29, 1.82) is 0 Å². The molecular weight excluding hydrogens is 359 g/mol. The molecule has 0 unspecified atom stereocenters. The van der Waals surface area contributed by atoms with Gasteiger partial charge in [-0.25, -0.2) is 4.98 Å². The van der Waals surface area contributed by atoms with Gasteiger partial charge in [-0.05, 0) is 51.5 Å². The zero-order chi connectivity index (χ0) is 10.3. The van der Waals surface area contributed by atoms with Crippen LogP contribution < -0.4 is 5.43 Å². The van der Waals surface area contributed by atoms with Gasteiger partial charge in [0.05, 0.1) is 15.6 Å². The maximum atomic E-state index is 11.7. The lowest BCUT2D eigenvalue weighted by atomic mass is 10.2. The van der Waals surface area contributed by atoms with E-state index in [4.69, 9.17) is 0 Å². The highest BCUT2D eigenvalue weighted by Gasteiger charge is 2.06. The molecule has 0 amide bonds. The lowest BCUT2D eigenvalue weighted by Crippen LogP contribution is -2.05. The highest BCUT2D eigenvalue weighted by Crippen LogP contribution is 2.15. The van der Waals surface area contributed by atoms with Gasteiger partial charge in [0, 0.05) is 9.77 Å². The number of aromatic amines is 1. The molecule has 0 aliphatic heterocycles. The minimum absolute atomic E-state index is 0.0239. The molecule has 0 atom stereocenters. The first kappa shape index (κ1) is 10.1. The Balaban J connectivity index is 2.97. The predicted molar refractivity (Wildman–Crippen MR) is 67.5 cm³/mol. The van der Waals surface area contributed by atoms with Crippen molar-refractivity contribution in [1.82, 2.24) is 9.97 Å². The van der Waals surface area contributed by atoms with E-state index in [0.717, 1.165) is 9.26 Å². The smallest absolute Gasteiger partial charge is 0.205 e. The van der Waals surface area contributed by atoms with Crippen molar-refractivity contribution in [2.45, 2.75) is 6.92 Å². The van der Waals surface area contributed by atoms with Crippen LogP contribution >= 0.6 is 38.5 Å². The summed E-state index contributed by atoms with van der Waals surface area (Å²) in [7, 11) is 0. The van der Waals surface area contributed by atoms with Gasteiger partial charge in [-0.3, -0.25) is 4.79 Å². The highest BCUT2D eigenvalue weighted by molar-refractivity contribution is 14.1. The summed E-state index contributed by atoms with van der Waals surface area (Å²) < 4.78 is 1.53. The van der Waals surface area contributed by atoms with Crippen LogP contribution in [0.15, 0.2) is 21.5 Å². The number of nitrogens with zero attached hydrogens (tertiary/aromatic N) is 1. The van der Waals surface area contributed by atoms with E-state index in [1.54, 1.807) is 6.20 Å². The summed E-state index contributed by atoms with van der Waals surface area (Å²) in [6.07, 6.45) is 1.62. The Morgan fingerprint density at radius 1 is 1.57 bits per heavy atom. The van der Waals surface area contributed by atoms with E-state index in [0.29, 0.717) is 15.5 Å². The van der Waals surface area contributed by atoms with Crippen molar-refractivity contribution < 1.29 is 0 Å². The molecule has 72 valence electrons. The zero-order valence-electron chi connectivity index (χ0n) is 7.27. The molecule has 0 radical (unpaired) electrons. The van der Waals surface area contributed by atoms with Crippen molar-refractivity contribution in [3.8, 4) is 0 Å². The van der Waals surface area contributed by atoms with Crippen molar-refractivity contribution in [2.75, 3.05) is 0 Å². The third kappa shape index (κ3) is 1.58. The van der Waals surface area contributed by atoms with Gasteiger partial charge < -0.3 is 4.98 Å². The standard InChI is InChI=1S/C9H6BrIN2O/c1-4-7(11)2-5-8(14)6(10)3-12-9(5)13-4/h2-3H,1H3,(H,12,13,14). The molecule has 5 heteroatoms. The third-order valence-corrected chi connectivity index (χ3v) is 3.63. The number of hydrogen-bond donors (Lipinski definition) is 1. The normalized spacial score (nSPS) is 10.8. The van der Waals surface area contributed by atoms with Gasteiger partial charge in [0.15, 0.2) is 0 Å². The maximum absolute atomic E-state index is 11.7. The number of H-pyrrole nitrogens is 1. The van der Waals surface area contributed by atoms with E-state index in [-0.39, 0.29) is 5.43 Å². The van der Waals surface area contributed by atoms with Crippen LogP contribution in [0.5, 0.6) is 0 Å². The number of halogens is 2. The van der Waals surface area contributed by atoms with Gasteiger partial charge in [-0.2, -0.15) is 0 Å². The van der Waals surface area contributed by atoms with Crippen LogP contribution in [0.1, 0.15) is 5.69 Å². The molecule has 0 saturated heterocycles. The minimum atomic E-state index is -0.0239. The van der Waals surface area contributed by atoms with Crippen LogP contribution in [0.3, 0.4) is 0 Å². The molecule has 2 aromatic rings. The first-order chi connectivity index (χ1) is 6.59. The molecule has 0 bridgehead atoms. The fourth-order valence-electron chi connectivity index (χ4n) is 1.19. The van der Waals surface area contributed by atoms with Gasteiger partial charge >= 0.3 is 0 Å². The van der Waals surface area contributed by atoms with Crippen LogP contribution in [0.25, 0.3) is 11.0 Å². The minimum Gasteiger partial charge on any atom is -0.345 e. The Bertz CT molecular complexity index is 564. The van der Waals surface area contributed by atoms with Gasteiger partial charge in [0.1, 0.15) is 5.65 Å². The van der Waals surface area contributed by atoms with Gasteiger partial charge in [0.25, 0.3) is 0 Å². The maximum Gasteiger partial charge on any atom is 0.205 e. The number of aromatic nitrogens is 2. The lowest BCUT2D eigenvalue weighted by Gasteiger charge is -2.01. The van der Waals surface area contributed by atoms with Gasteiger partial charge in [-0.1, -0.05) is 0 Å². The van der Waals surface area contributed by atoms with E-state index >= 15 is 0 Å². The SMILES string of the molecule is Cc1nc2[nH]cc(Br)c(=O)c2cc1I. The van der Waals surface area contributed by atoms with Crippen molar-refractivity contribution >= 4 is 49.6 Å². The van der Waals surface area contributed by atoms with E-state index < -0.39 is 0 Å². The zero-order valence-corrected chi connectivity index (χ0v) is 11.0. The van der Waals surface area contributed by atoms with E-state index in [9.17, 15) is 4.79 Å². The number of nitrogens with one attached hydrogen (secondary N) is 1. The Labute approximate surface area is 102 Å². The first-order valence-electron chi connectivity index (χ1n) is 3.93. The molecule has 0 fully saturated rings. The molecule has 0 saturated carbocycles. The average molecular weight is 365 g/mol. The largest absolute Gasteiger partial charge is 0.345 e. The van der Waals surface area contributed by atoms with Crippen LogP contribution in [0.4, 0.5) is 0 Å². The lowest BCUT2D eigenvalue weighted by molar-refractivity contribution is 1.18. The number of hydrogen-bond acceptors (Lipinski definition) is 2. The number of aryl methyl sites for hydroxylation is 1. The molecular formula is C9H6BrIN2O. The highest BCUT2D eigenvalue weighted by atomic mass is 127. The van der Waals surface area contributed by atoms with Gasteiger partial charge in [0.2, 0.25) is 5.43 Å². The number of pyridine rings is 2. The van der Waals surface area contributed by atoms with Crippen LogP contribution in [0, 0.1) is 10.5 Å². The molecule has 3 nitrogen and oxygen atoms in total. The third-order valence-electron chi connectivity index (χ3n) is 1.95. The molecule has 0 aromatic carbocycles. The van der Waals surface area contributed by atoms with E-state index in [1.165, 1.54) is 0 Å². The molecule has 2 aromatic heterocycles. The average Bonchev–Trinajstić information content (AvgIpc) is 2.15. The number of rotatable bonds is 0. The molecule has 1 N–H and O–H groups in total. The molecule has 14 heavy (non-hydrogen) atoms. The fourth-order valence-corrected chi connectivity index (χ4v) is 1.95. The van der Waals surface area contributed by atoms with E-state index in [2.05, 4.69) is 48.5 Å². The quantitative estimate of drug-likeness (QED) is 0.730. The summed E-state index contributed by atoms with van der Waals surface area (Å²) in [6, 6.07) is 1.85. The molecule has 0 aliphatic carbocycles. The number of fused-ring (bicyclic) bond motifs is 1. The van der Waals surface area contributed by atoms with E-state index in [1.807, 2.05) is 13.0 Å². The predicted octanol–water partition coefficient (Wildman–Crippen LogP) is 2.60. The van der Waals surface area contributed by atoms with Crippen molar-refractivity contribution in [2.24, 2.45) is 0 Å². The van der Waals surface area contributed by atoms with Crippen LogP contribution in [-0.4, -0.2) is 9.97 Å². The summed E-state index contributed by atoms with van der Waals surface area (Å²) in [6.45, 7) is 1.92. The Kier molecular flexibility index (Phi) is 2.61. The molecule has 0 spiro atoms. The van der Waals surface area contributed by atoms with Crippen molar-refractivity contribution in [3.05, 3.63) is 36.2 Å². The van der Waals surface area contributed by atoms with Crippen LogP contribution in [0.2, 0.25) is 0 Å². The summed E-state index contributed by atoms with van der Waals surface area (Å²) >= 11 is 5.36. The van der Waals surface area contributed by atoms with Crippen molar-refractivity contribution in [3.63, 3.8) is 0 Å². The first-order valence-corrected chi connectivity index (χ1v) is 5.81. The summed E-state index contributed by atoms with van der Waals surface area (Å²) in [4.78, 5) is 18.9. The Hall–Kier alpha value is -0.430. The Morgan fingerprint density at radius 3 is 3.00 bits per heavy atom. The topological polar surface area (TPSA) is 45.8 Å². The fraction of sp³-hybridized carbons (Fsp3) is 0.111. The molecule has 0 aliphatic rings. The van der Waals surface area contributed by atoms with Crippen LogP contribution in [-0.2, 0) is 0 Å². The summed E-state index contributed by atoms with van der Waals surface area (Å²) in [5.74, 6) is 0. The van der Waals surface area contributed by atoms with Gasteiger partial charge in [-0.15, -0.1) is 0 Å². The monoisotopic (exact) mass is 364 g/mol. The second kappa shape index (κ2) is 3.62. The molecule has 2 rings (SSSR count).